The minimum absolute atomic E-state index is 0.336. The zero-order valence-corrected chi connectivity index (χ0v) is 10.3. The summed E-state index contributed by atoms with van der Waals surface area (Å²) in [6.45, 7) is 4.15. The Labute approximate surface area is 105 Å². The lowest BCUT2D eigenvalue weighted by atomic mass is 10.2. The Morgan fingerprint density at radius 3 is 3.00 bits per heavy atom. The molecule has 1 spiro atoms. The molecule has 2 saturated heterocycles. The Morgan fingerprint density at radius 1 is 1.41 bits per heavy atom. The van der Waals surface area contributed by atoms with Gasteiger partial charge >= 0.3 is 0 Å². The Morgan fingerprint density at radius 2 is 2.24 bits per heavy atom. The topological polar surface area (TPSA) is 34.6 Å². The van der Waals surface area contributed by atoms with Gasteiger partial charge < -0.3 is 9.47 Å². The summed E-state index contributed by atoms with van der Waals surface area (Å²) < 4.78 is 11.4. The molecule has 0 N–H and O–H groups in total. The second-order valence-corrected chi connectivity index (χ2v) is 4.94. The zero-order chi connectivity index (χ0) is 11.7. The summed E-state index contributed by atoms with van der Waals surface area (Å²) in [7, 11) is 0. The summed E-state index contributed by atoms with van der Waals surface area (Å²) in [6.07, 6.45) is 2.69. The van der Waals surface area contributed by atoms with Crippen molar-refractivity contribution in [1.82, 2.24) is 9.88 Å². The molecule has 0 atom stereocenters. The second kappa shape index (κ2) is 4.53. The van der Waals surface area contributed by atoms with Crippen molar-refractivity contribution in [1.29, 1.82) is 0 Å². The molecule has 1 aromatic rings. The summed E-state index contributed by atoms with van der Waals surface area (Å²) in [5.74, 6) is -0.336. The van der Waals surface area contributed by atoms with Gasteiger partial charge in [0, 0.05) is 25.7 Å². The molecule has 0 aromatic carbocycles. The maximum atomic E-state index is 5.87. The van der Waals surface area contributed by atoms with E-state index in [0.29, 0.717) is 5.15 Å². The lowest BCUT2D eigenvalue weighted by molar-refractivity contribution is -0.145. The van der Waals surface area contributed by atoms with Gasteiger partial charge in [0.05, 0.1) is 19.8 Å². The van der Waals surface area contributed by atoms with Crippen LogP contribution < -0.4 is 0 Å². The summed E-state index contributed by atoms with van der Waals surface area (Å²) >= 11 is 5.87. The molecule has 0 amide bonds. The first-order chi connectivity index (χ1) is 8.26. The third-order valence-corrected chi connectivity index (χ3v) is 3.49. The average molecular weight is 255 g/mol. The summed E-state index contributed by atoms with van der Waals surface area (Å²) in [6, 6.07) is 3.90. The molecule has 2 aliphatic heterocycles. The molecule has 5 heteroatoms. The molecular formula is C12H15ClN2O2. The highest BCUT2D eigenvalue weighted by Gasteiger charge is 2.42. The number of hydrogen-bond donors (Lipinski definition) is 0. The van der Waals surface area contributed by atoms with Crippen LogP contribution in [0.3, 0.4) is 0 Å². The molecule has 2 aliphatic rings. The van der Waals surface area contributed by atoms with Gasteiger partial charge in [0.1, 0.15) is 5.15 Å². The van der Waals surface area contributed by atoms with Gasteiger partial charge in [-0.25, -0.2) is 4.98 Å². The van der Waals surface area contributed by atoms with Crippen LogP contribution in [0.1, 0.15) is 12.0 Å². The fourth-order valence-corrected chi connectivity index (χ4v) is 2.69. The van der Waals surface area contributed by atoms with E-state index in [-0.39, 0.29) is 5.79 Å². The van der Waals surface area contributed by atoms with Gasteiger partial charge in [0.25, 0.3) is 0 Å². The maximum absolute atomic E-state index is 5.87. The van der Waals surface area contributed by atoms with Crippen LogP contribution in [0.15, 0.2) is 18.3 Å². The first-order valence-corrected chi connectivity index (χ1v) is 6.24. The molecule has 3 heterocycles. The highest BCUT2D eigenvalue weighted by atomic mass is 35.5. The standard InChI is InChI=1S/C12H15ClN2O2/c13-11-7-10(1-3-14-11)8-15-4-2-12(9-15)16-5-6-17-12/h1,3,7H,2,4-6,8-9H2. The van der Waals surface area contributed by atoms with Gasteiger partial charge in [-0.1, -0.05) is 11.6 Å². The Bertz CT molecular complexity index is 407. The summed E-state index contributed by atoms with van der Waals surface area (Å²) in [4.78, 5) is 6.31. The molecule has 2 fully saturated rings. The molecule has 0 saturated carbocycles. The lowest BCUT2D eigenvalue weighted by Gasteiger charge is -2.22. The lowest BCUT2D eigenvalue weighted by Crippen LogP contribution is -2.34. The number of pyridine rings is 1. The number of nitrogens with zero attached hydrogens (tertiary/aromatic N) is 2. The minimum atomic E-state index is -0.336. The van der Waals surface area contributed by atoms with Crippen molar-refractivity contribution >= 4 is 11.6 Å². The normalized spacial score (nSPS) is 23.6. The summed E-state index contributed by atoms with van der Waals surface area (Å²) in [5.41, 5.74) is 1.18. The molecule has 0 radical (unpaired) electrons. The summed E-state index contributed by atoms with van der Waals surface area (Å²) in [5, 5.41) is 0.546. The predicted octanol–water partition coefficient (Wildman–Crippen LogP) is 1.68. The van der Waals surface area contributed by atoms with Gasteiger partial charge in [-0.15, -0.1) is 0 Å². The van der Waals surface area contributed by atoms with Crippen LogP contribution in [0.4, 0.5) is 0 Å². The highest BCUT2D eigenvalue weighted by molar-refractivity contribution is 6.29. The van der Waals surface area contributed by atoms with E-state index in [2.05, 4.69) is 9.88 Å². The fraction of sp³-hybridized carbons (Fsp3) is 0.583. The average Bonchev–Trinajstić information content (AvgIpc) is 2.90. The van der Waals surface area contributed by atoms with Crippen molar-refractivity contribution < 1.29 is 9.47 Å². The van der Waals surface area contributed by atoms with Crippen molar-refractivity contribution in [2.24, 2.45) is 0 Å². The molecule has 0 unspecified atom stereocenters. The van der Waals surface area contributed by atoms with Crippen molar-refractivity contribution in [2.75, 3.05) is 26.3 Å². The number of ether oxygens (including phenoxy) is 2. The van der Waals surface area contributed by atoms with E-state index < -0.39 is 0 Å². The number of rotatable bonds is 2. The molecular weight excluding hydrogens is 240 g/mol. The first-order valence-electron chi connectivity index (χ1n) is 5.87. The van der Waals surface area contributed by atoms with Crippen LogP contribution in [-0.2, 0) is 16.0 Å². The van der Waals surface area contributed by atoms with Crippen molar-refractivity contribution in [3.05, 3.63) is 29.0 Å². The monoisotopic (exact) mass is 254 g/mol. The van der Waals surface area contributed by atoms with Gasteiger partial charge in [0.2, 0.25) is 0 Å². The molecule has 92 valence electrons. The highest BCUT2D eigenvalue weighted by Crippen LogP contribution is 2.31. The third kappa shape index (κ3) is 2.45. The first kappa shape index (κ1) is 11.4. The van der Waals surface area contributed by atoms with Crippen LogP contribution in [0, 0.1) is 0 Å². The Kier molecular flexibility index (Phi) is 3.04. The molecule has 17 heavy (non-hydrogen) atoms. The van der Waals surface area contributed by atoms with E-state index >= 15 is 0 Å². The number of halogens is 1. The fourth-order valence-electron chi connectivity index (χ4n) is 2.49. The predicted molar refractivity (Wildman–Crippen MR) is 63.8 cm³/mol. The van der Waals surface area contributed by atoms with E-state index in [9.17, 15) is 0 Å². The minimum Gasteiger partial charge on any atom is -0.346 e. The van der Waals surface area contributed by atoms with Crippen LogP contribution >= 0.6 is 11.6 Å². The molecule has 0 bridgehead atoms. The van der Waals surface area contributed by atoms with Gasteiger partial charge in [-0.05, 0) is 17.7 Å². The van der Waals surface area contributed by atoms with E-state index in [4.69, 9.17) is 21.1 Å². The van der Waals surface area contributed by atoms with Crippen LogP contribution in [0.2, 0.25) is 5.15 Å². The maximum Gasteiger partial charge on any atom is 0.182 e. The second-order valence-electron chi connectivity index (χ2n) is 4.56. The van der Waals surface area contributed by atoms with E-state index in [0.717, 1.165) is 39.3 Å². The quantitative estimate of drug-likeness (QED) is 0.753. The molecule has 4 nitrogen and oxygen atoms in total. The van der Waals surface area contributed by atoms with Crippen molar-refractivity contribution in [3.63, 3.8) is 0 Å². The zero-order valence-electron chi connectivity index (χ0n) is 9.56. The van der Waals surface area contributed by atoms with E-state index in [1.54, 1.807) is 6.20 Å². The van der Waals surface area contributed by atoms with E-state index in [1.165, 1.54) is 5.56 Å². The van der Waals surface area contributed by atoms with Crippen LogP contribution in [-0.4, -0.2) is 42.0 Å². The van der Waals surface area contributed by atoms with Gasteiger partial charge in [-0.2, -0.15) is 0 Å². The van der Waals surface area contributed by atoms with Crippen molar-refractivity contribution in [2.45, 2.75) is 18.8 Å². The largest absolute Gasteiger partial charge is 0.346 e. The van der Waals surface area contributed by atoms with Gasteiger partial charge in [0.15, 0.2) is 5.79 Å². The Hall–Kier alpha value is -0.680. The number of hydrogen-bond acceptors (Lipinski definition) is 4. The SMILES string of the molecule is Clc1cc(CN2CCC3(C2)OCCO3)ccn1. The number of aromatic nitrogens is 1. The van der Waals surface area contributed by atoms with E-state index in [1.807, 2.05) is 12.1 Å². The van der Waals surface area contributed by atoms with Gasteiger partial charge in [-0.3, -0.25) is 4.90 Å². The smallest absolute Gasteiger partial charge is 0.182 e. The molecule has 0 aliphatic carbocycles. The molecule has 1 aromatic heterocycles. The van der Waals surface area contributed by atoms with Crippen LogP contribution in [0.5, 0.6) is 0 Å². The Balaban J connectivity index is 1.64. The van der Waals surface area contributed by atoms with Crippen LogP contribution in [0.25, 0.3) is 0 Å². The molecule has 3 rings (SSSR count). The third-order valence-electron chi connectivity index (χ3n) is 3.28. The number of likely N-dealkylation sites (tertiary alicyclic amines) is 1. The van der Waals surface area contributed by atoms with Crippen molar-refractivity contribution in [3.8, 4) is 0 Å².